The fourth-order valence-corrected chi connectivity index (χ4v) is 5.74. The van der Waals surface area contributed by atoms with Crippen molar-refractivity contribution in [3.63, 3.8) is 0 Å². The van der Waals surface area contributed by atoms with Crippen LogP contribution in [0.4, 0.5) is 0 Å². The van der Waals surface area contributed by atoms with Gasteiger partial charge in [0.1, 0.15) is 17.2 Å². The van der Waals surface area contributed by atoms with E-state index in [1.807, 2.05) is 6.07 Å². The molecule has 0 radical (unpaired) electrons. The summed E-state index contributed by atoms with van der Waals surface area (Å²) in [7, 11) is 1.54. The molecule has 0 saturated carbocycles. The van der Waals surface area contributed by atoms with E-state index in [4.69, 9.17) is 21.1 Å². The molecular weight excluding hydrogens is 586 g/mol. The number of nitrogens with zero attached hydrogens (tertiary/aromatic N) is 1. The molecule has 44 heavy (non-hydrogen) atoms. The zero-order valence-electron chi connectivity index (χ0n) is 23.5. The van der Waals surface area contributed by atoms with E-state index in [-0.39, 0.29) is 52.5 Å². The molecule has 0 saturated heterocycles. The van der Waals surface area contributed by atoms with Crippen LogP contribution in [0.2, 0.25) is 5.02 Å². The molecule has 10 heteroatoms. The lowest BCUT2D eigenvalue weighted by atomic mass is 9.82. The number of aromatic hydroxyl groups is 2. The van der Waals surface area contributed by atoms with Gasteiger partial charge in [-0.1, -0.05) is 23.7 Å². The van der Waals surface area contributed by atoms with Gasteiger partial charge in [0.15, 0.2) is 5.78 Å². The van der Waals surface area contributed by atoms with E-state index in [1.165, 1.54) is 24.3 Å². The summed E-state index contributed by atoms with van der Waals surface area (Å²) in [6.45, 7) is 1.71. The molecular formula is C34H24ClNO8. The highest BCUT2D eigenvalue weighted by Gasteiger charge is 2.35. The van der Waals surface area contributed by atoms with Gasteiger partial charge in [-0.2, -0.15) is 0 Å². The van der Waals surface area contributed by atoms with Crippen molar-refractivity contribution in [1.29, 1.82) is 0 Å². The summed E-state index contributed by atoms with van der Waals surface area (Å²) >= 11 is 6.01. The van der Waals surface area contributed by atoms with Crippen LogP contribution in [0.5, 0.6) is 17.2 Å². The Morgan fingerprint density at radius 3 is 2.30 bits per heavy atom. The van der Waals surface area contributed by atoms with Crippen LogP contribution in [0, 0.1) is 6.92 Å². The summed E-state index contributed by atoms with van der Waals surface area (Å²) in [5, 5.41) is 22.1. The highest BCUT2D eigenvalue weighted by molar-refractivity contribution is 6.31. The summed E-state index contributed by atoms with van der Waals surface area (Å²) in [6.07, 6.45) is 0.239. The first-order valence-corrected chi connectivity index (χ1v) is 13.9. The van der Waals surface area contributed by atoms with Crippen LogP contribution in [-0.4, -0.2) is 51.9 Å². The number of rotatable bonds is 6. The molecule has 5 aromatic rings. The molecule has 1 aliphatic rings. The van der Waals surface area contributed by atoms with Gasteiger partial charge in [0.05, 0.1) is 35.9 Å². The number of fused-ring (bicyclic) bond motifs is 3. The highest BCUT2D eigenvalue weighted by Crippen LogP contribution is 2.37. The lowest BCUT2D eigenvalue weighted by molar-refractivity contribution is 0.0508. The number of halogens is 1. The first-order valence-electron chi connectivity index (χ1n) is 13.5. The molecule has 0 unspecified atom stereocenters. The van der Waals surface area contributed by atoms with E-state index in [1.54, 1.807) is 55.0 Å². The van der Waals surface area contributed by atoms with Crippen LogP contribution in [0.25, 0.3) is 10.9 Å². The number of hydrogen-bond acceptors (Lipinski definition) is 8. The summed E-state index contributed by atoms with van der Waals surface area (Å²) in [5.74, 6) is -2.77. The Morgan fingerprint density at radius 1 is 0.841 bits per heavy atom. The summed E-state index contributed by atoms with van der Waals surface area (Å²) in [5.41, 5.74) is 1.72. The van der Waals surface area contributed by atoms with E-state index < -0.39 is 23.3 Å². The number of phenolic OH excluding ortho intramolecular Hbond substituents is 2. The molecule has 0 atom stereocenters. The molecule has 1 aromatic heterocycles. The number of carbonyl (C=O) groups excluding carboxylic acids is 4. The van der Waals surface area contributed by atoms with Gasteiger partial charge in [0.25, 0.3) is 5.91 Å². The monoisotopic (exact) mass is 609 g/mol. The second kappa shape index (κ2) is 11.0. The second-order valence-electron chi connectivity index (χ2n) is 10.3. The molecule has 2 N–H and O–H groups in total. The van der Waals surface area contributed by atoms with Crippen LogP contribution >= 0.6 is 11.6 Å². The fourth-order valence-electron chi connectivity index (χ4n) is 5.62. The van der Waals surface area contributed by atoms with Gasteiger partial charge in [0.2, 0.25) is 5.78 Å². The molecule has 0 bridgehead atoms. The van der Waals surface area contributed by atoms with Gasteiger partial charge in [-0.3, -0.25) is 19.0 Å². The molecule has 9 nitrogen and oxygen atoms in total. The minimum atomic E-state index is -0.818. The number of esters is 1. The molecule has 0 fully saturated rings. The van der Waals surface area contributed by atoms with Gasteiger partial charge in [-0.05, 0) is 73.2 Å². The van der Waals surface area contributed by atoms with Crippen molar-refractivity contribution in [1.82, 2.24) is 4.57 Å². The Bertz CT molecular complexity index is 2040. The Labute approximate surface area is 255 Å². The largest absolute Gasteiger partial charge is 0.507 e. The molecule has 1 aliphatic carbocycles. The van der Waals surface area contributed by atoms with Gasteiger partial charge < -0.3 is 19.7 Å². The third-order valence-electron chi connectivity index (χ3n) is 7.76. The molecule has 0 amide bonds. The third-order valence-corrected chi connectivity index (χ3v) is 8.01. The van der Waals surface area contributed by atoms with E-state index in [9.17, 15) is 29.4 Å². The van der Waals surface area contributed by atoms with Gasteiger partial charge >= 0.3 is 5.97 Å². The average molecular weight is 610 g/mol. The zero-order chi connectivity index (χ0) is 31.3. The minimum absolute atomic E-state index is 0.0251. The Morgan fingerprint density at radius 2 is 1.57 bits per heavy atom. The normalized spacial score (nSPS) is 12.2. The van der Waals surface area contributed by atoms with Gasteiger partial charge in [-0.15, -0.1) is 0 Å². The molecule has 6 rings (SSSR count). The van der Waals surface area contributed by atoms with Crippen molar-refractivity contribution in [3.05, 3.63) is 122 Å². The number of hydrogen-bond donors (Lipinski definition) is 2. The second-order valence-corrected chi connectivity index (χ2v) is 10.7. The summed E-state index contributed by atoms with van der Waals surface area (Å²) < 4.78 is 12.5. The molecule has 4 aromatic carbocycles. The average Bonchev–Trinajstić information content (AvgIpc) is 3.29. The fraction of sp³-hybridized carbons (Fsp3) is 0.118. The van der Waals surface area contributed by atoms with Crippen LogP contribution < -0.4 is 4.74 Å². The van der Waals surface area contributed by atoms with E-state index in [0.717, 1.165) is 17.0 Å². The predicted molar refractivity (Wildman–Crippen MR) is 161 cm³/mol. The lowest BCUT2D eigenvalue weighted by Gasteiger charge is -2.19. The Hall–Kier alpha value is -5.41. The number of phenols is 2. The van der Waals surface area contributed by atoms with Crippen molar-refractivity contribution in [3.8, 4) is 17.2 Å². The van der Waals surface area contributed by atoms with Gasteiger partial charge in [0, 0.05) is 39.2 Å². The number of benzene rings is 4. The number of carbonyl (C=O) groups is 4. The van der Waals surface area contributed by atoms with E-state index in [2.05, 4.69) is 0 Å². The smallest absolute Gasteiger partial charge is 0.338 e. The van der Waals surface area contributed by atoms with Crippen molar-refractivity contribution >= 4 is 45.9 Å². The van der Waals surface area contributed by atoms with Crippen molar-refractivity contribution in [2.75, 3.05) is 13.7 Å². The van der Waals surface area contributed by atoms with Crippen LogP contribution in [0.15, 0.2) is 72.8 Å². The molecule has 0 aliphatic heterocycles. The van der Waals surface area contributed by atoms with Crippen LogP contribution in [-0.2, 0) is 11.2 Å². The van der Waals surface area contributed by atoms with Crippen molar-refractivity contribution in [2.45, 2.75) is 13.3 Å². The standard InChI is InChI=1S/C34H24ClNO8/c1-17-22(24-16-21(43-2)10-11-26(24)36(17)33(41)18-6-8-20(35)9-7-18)12-13-44-34(42)19-14-25-30(28(38)15-19)32(40)29-23(31(25)39)4-3-5-27(29)37/h3-11,14-16,37-38H,12-13H2,1-2H3. The zero-order valence-corrected chi connectivity index (χ0v) is 24.3. The van der Waals surface area contributed by atoms with E-state index in [0.29, 0.717) is 27.5 Å². The first-order chi connectivity index (χ1) is 21.1. The maximum Gasteiger partial charge on any atom is 0.338 e. The number of aromatic nitrogens is 1. The first kappa shape index (κ1) is 28.7. The number of methoxy groups -OCH3 is 1. The molecule has 0 spiro atoms. The van der Waals surface area contributed by atoms with Gasteiger partial charge in [-0.25, -0.2) is 4.79 Å². The molecule has 1 heterocycles. The maximum atomic E-state index is 13.5. The lowest BCUT2D eigenvalue weighted by Crippen LogP contribution is -2.22. The SMILES string of the molecule is COc1ccc2c(c1)c(CCOC(=O)c1cc(O)c3c(c1)C(=O)c1cccc(O)c1C3=O)c(C)n2C(=O)c1ccc(Cl)cc1. The van der Waals surface area contributed by atoms with Crippen molar-refractivity contribution in [2.24, 2.45) is 0 Å². The van der Waals surface area contributed by atoms with Crippen LogP contribution in [0.3, 0.4) is 0 Å². The molecule has 220 valence electrons. The maximum absolute atomic E-state index is 13.5. The topological polar surface area (TPSA) is 132 Å². The minimum Gasteiger partial charge on any atom is -0.507 e. The highest BCUT2D eigenvalue weighted by atomic mass is 35.5. The summed E-state index contributed by atoms with van der Waals surface area (Å²) in [6, 6.07) is 18.3. The number of ketones is 2. The van der Waals surface area contributed by atoms with E-state index >= 15 is 0 Å². The Balaban J connectivity index is 1.28. The van der Waals surface area contributed by atoms with Crippen molar-refractivity contribution < 1.29 is 38.9 Å². The third kappa shape index (κ3) is 4.67. The quantitative estimate of drug-likeness (QED) is 0.224. The number of ether oxygens (including phenoxy) is 2. The van der Waals surface area contributed by atoms with Crippen LogP contribution in [0.1, 0.15) is 63.8 Å². The predicted octanol–water partition coefficient (Wildman–Crippen LogP) is 5.89. The summed E-state index contributed by atoms with van der Waals surface area (Å²) in [4.78, 5) is 52.8. The Kier molecular flexibility index (Phi) is 7.18.